The van der Waals surface area contributed by atoms with Crippen LogP contribution < -0.4 is 5.73 Å². The van der Waals surface area contributed by atoms with Gasteiger partial charge < -0.3 is 5.73 Å². The van der Waals surface area contributed by atoms with Gasteiger partial charge in [0, 0.05) is 6.04 Å². The van der Waals surface area contributed by atoms with Gasteiger partial charge in [0.1, 0.15) is 0 Å². The van der Waals surface area contributed by atoms with Gasteiger partial charge in [0.2, 0.25) is 0 Å². The third-order valence-corrected chi connectivity index (χ3v) is 4.11. The number of unbranched alkanes of at least 4 members (excludes halogenated alkanes) is 1. The highest BCUT2D eigenvalue weighted by Crippen LogP contribution is 2.37. The zero-order chi connectivity index (χ0) is 13.2. The Morgan fingerprint density at radius 1 is 1.05 bits per heavy atom. The number of rotatable bonds is 4. The fourth-order valence-corrected chi connectivity index (χ4v) is 2.99. The van der Waals surface area contributed by atoms with Crippen LogP contribution in [0.3, 0.4) is 0 Å². The fraction of sp³-hybridized carbons (Fsp3) is 0.333. The van der Waals surface area contributed by atoms with Crippen molar-refractivity contribution in [3.8, 4) is 11.1 Å². The summed E-state index contributed by atoms with van der Waals surface area (Å²) < 4.78 is 0. The molecule has 0 fully saturated rings. The summed E-state index contributed by atoms with van der Waals surface area (Å²) in [6, 6.07) is 15.7. The van der Waals surface area contributed by atoms with E-state index in [0.29, 0.717) is 0 Å². The van der Waals surface area contributed by atoms with Crippen molar-refractivity contribution in [1.29, 1.82) is 0 Å². The van der Waals surface area contributed by atoms with Crippen LogP contribution in [0.25, 0.3) is 11.1 Å². The summed E-state index contributed by atoms with van der Waals surface area (Å²) in [4.78, 5) is 0. The first-order valence-electron chi connectivity index (χ1n) is 7.26. The van der Waals surface area contributed by atoms with Gasteiger partial charge >= 0.3 is 0 Å². The molecule has 19 heavy (non-hydrogen) atoms. The highest BCUT2D eigenvalue weighted by Gasteiger charge is 2.18. The molecule has 0 aromatic heterocycles. The van der Waals surface area contributed by atoms with Gasteiger partial charge in [-0.25, -0.2) is 0 Å². The van der Waals surface area contributed by atoms with Gasteiger partial charge in [0.25, 0.3) is 0 Å². The highest BCUT2D eigenvalue weighted by molar-refractivity contribution is 5.76. The van der Waals surface area contributed by atoms with Gasteiger partial charge in [0.05, 0.1) is 0 Å². The van der Waals surface area contributed by atoms with Gasteiger partial charge in [-0.3, -0.25) is 0 Å². The Morgan fingerprint density at radius 3 is 2.68 bits per heavy atom. The van der Waals surface area contributed by atoms with Crippen LogP contribution in [0, 0.1) is 0 Å². The van der Waals surface area contributed by atoms with E-state index in [1.807, 2.05) is 0 Å². The molecule has 2 N–H and O–H groups in total. The molecule has 0 bridgehead atoms. The van der Waals surface area contributed by atoms with Gasteiger partial charge in [0.15, 0.2) is 0 Å². The predicted molar refractivity (Wildman–Crippen MR) is 81.1 cm³/mol. The molecule has 98 valence electrons. The van der Waals surface area contributed by atoms with Crippen molar-refractivity contribution in [2.24, 2.45) is 5.73 Å². The van der Waals surface area contributed by atoms with E-state index >= 15 is 0 Å². The van der Waals surface area contributed by atoms with E-state index in [1.54, 1.807) is 0 Å². The lowest BCUT2D eigenvalue weighted by Crippen LogP contribution is -2.10. The lowest BCUT2D eigenvalue weighted by molar-refractivity contribution is 0.603. The van der Waals surface area contributed by atoms with E-state index in [0.717, 1.165) is 12.8 Å². The number of benzene rings is 2. The summed E-state index contributed by atoms with van der Waals surface area (Å²) in [5.74, 6) is 0. The molecule has 1 aliphatic carbocycles. The van der Waals surface area contributed by atoms with Crippen LogP contribution in [0.5, 0.6) is 0 Å². The molecule has 0 amide bonds. The molecule has 3 rings (SSSR count). The lowest BCUT2D eigenvalue weighted by atomic mass is 9.97. The van der Waals surface area contributed by atoms with Crippen molar-refractivity contribution in [1.82, 2.24) is 0 Å². The van der Waals surface area contributed by atoms with Crippen molar-refractivity contribution < 1.29 is 0 Å². The van der Waals surface area contributed by atoms with Crippen LogP contribution in [0.4, 0.5) is 0 Å². The molecule has 2 aromatic rings. The minimum atomic E-state index is 0.189. The van der Waals surface area contributed by atoms with Crippen molar-refractivity contribution in [3.05, 3.63) is 59.2 Å². The molecule has 0 saturated carbocycles. The zero-order valence-corrected chi connectivity index (χ0v) is 11.5. The second-order valence-electron chi connectivity index (χ2n) is 5.50. The number of hydrogen-bond acceptors (Lipinski definition) is 1. The summed E-state index contributed by atoms with van der Waals surface area (Å²) in [6.07, 6.45) is 4.56. The predicted octanol–water partition coefficient (Wildman–Crippen LogP) is 4.45. The molecule has 1 atom stereocenters. The van der Waals surface area contributed by atoms with Crippen molar-refractivity contribution in [2.45, 2.75) is 38.6 Å². The number of nitrogens with two attached hydrogens (primary N) is 1. The van der Waals surface area contributed by atoms with E-state index in [9.17, 15) is 0 Å². The first-order chi connectivity index (χ1) is 9.29. The largest absolute Gasteiger partial charge is 0.324 e. The van der Waals surface area contributed by atoms with E-state index in [2.05, 4.69) is 49.4 Å². The second kappa shape index (κ2) is 5.18. The third kappa shape index (κ3) is 2.31. The quantitative estimate of drug-likeness (QED) is 0.728. The number of hydrogen-bond donors (Lipinski definition) is 1. The smallest absolute Gasteiger partial charge is 0.0294 e. The van der Waals surface area contributed by atoms with Crippen LogP contribution in [0.2, 0.25) is 0 Å². The van der Waals surface area contributed by atoms with E-state index < -0.39 is 0 Å². The summed E-state index contributed by atoms with van der Waals surface area (Å²) in [5.41, 5.74) is 13.2. The SMILES string of the molecule is CCCC[C@@H](N)c1ccc2c(c1)Cc1ccccc1-2. The topological polar surface area (TPSA) is 26.0 Å². The molecule has 0 heterocycles. The summed E-state index contributed by atoms with van der Waals surface area (Å²) in [5, 5.41) is 0. The average molecular weight is 251 g/mol. The molecular formula is C18H21N. The first-order valence-corrected chi connectivity index (χ1v) is 7.26. The Bertz CT molecular complexity index is 586. The first kappa shape index (κ1) is 12.4. The molecule has 0 saturated heterocycles. The monoisotopic (exact) mass is 251 g/mol. The van der Waals surface area contributed by atoms with Crippen LogP contribution in [-0.2, 0) is 6.42 Å². The molecule has 2 aromatic carbocycles. The van der Waals surface area contributed by atoms with Crippen molar-refractivity contribution in [3.63, 3.8) is 0 Å². The van der Waals surface area contributed by atoms with Crippen LogP contribution >= 0.6 is 0 Å². The van der Waals surface area contributed by atoms with Gasteiger partial charge in [-0.1, -0.05) is 62.2 Å². The van der Waals surface area contributed by atoms with Crippen molar-refractivity contribution >= 4 is 0 Å². The Balaban J connectivity index is 1.89. The molecule has 1 aliphatic rings. The second-order valence-corrected chi connectivity index (χ2v) is 5.50. The molecule has 0 unspecified atom stereocenters. The molecular weight excluding hydrogens is 230 g/mol. The zero-order valence-electron chi connectivity index (χ0n) is 11.5. The molecule has 1 nitrogen and oxygen atoms in total. The molecule has 1 heteroatoms. The average Bonchev–Trinajstić information content (AvgIpc) is 2.82. The van der Waals surface area contributed by atoms with Crippen LogP contribution in [0.1, 0.15) is 48.9 Å². The minimum absolute atomic E-state index is 0.189. The Labute approximate surface area is 115 Å². The molecule has 0 spiro atoms. The van der Waals surface area contributed by atoms with Crippen LogP contribution in [0.15, 0.2) is 42.5 Å². The fourth-order valence-electron chi connectivity index (χ4n) is 2.99. The normalized spacial score (nSPS) is 14.0. The molecule has 0 radical (unpaired) electrons. The summed E-state index contributed by atoms with van der Waals surface area (Å²) >= 11 is 0. The van der Waals surface area contributed by atoms with Gasteiger partial charge in [-0.05, 0) is 40.7 Å². The maximum atomic E-state index is 6.28. The molecule has 0 aliphatic heterocycles. The standard InChI is InChI=1S/C18H21N/c1-2-3-8-18(19)14-9-10-17-15(12-14)11-13-6-4-5-7-16(13)17/h4-7,9-10,12,18H,2-3,8,11,19H2,1H3/t18-/m1/s1. The maximum absolute atomic E-state index is 6.28. The highest BCUT2D eigenvalue weighted by atomic mass is 14.6. The Morgan fingerprint density at radius 2 is 1.84 bits per heavy atom. The van der Waals surface area contributed by atoms with E-state index in [1.165, 1.54) is 40.7 Å². The number of fused-ring (bicyclic) bond motifs is 3. The summed E-state index contributed by atoms with van der Waals surface area (Å²) in [7, 11) is 0. The maximum Gasteiger partial charge on any atom is 0.0294 e. The van der Waals surface area contributed by atoms with E-state index in [-0.39, 0.29) is 6.04 Å². The van der Waals surface area contributed by atoms with Crippen molar-refractivity contribution in [2.75, 3.05) is 0 Å². The minimum Gasteiger partial charge on any atom is -0.324 e. The lowest BCUT2D eigenvalue weighted by Gasteiger charge is -2.13. The summed E-state index contributed by atoms with van der Waals surface area (Å²) in [6.45, 7) is 2.21. The van der Waals surface area contributed by atoms with E-state index in [4.69, 9.17) is 5.73 Å². The van der Waals surface area contributed by atoms with Crippen LogP contribution in [-0.4, -0.2) is 0 Å². The third-order valence-electron chi connectivity index (χ3n) is 4.11. The van der Waals surface area contributed by atoms with Gasteiger partial charge in [-0.15, -0.1) is 0 Å². The van der Waals surface area contributed by atoms with Gasteiger partial charge in [-0.2, -0.15) is 0 Å². The Kier molecular flexibility index (Phi) is 3.39. The Hall–Kier alpha value is -1.60.